The monoisotopic (exact) mass is 1140 g/mol. The van der Waals surface area contributed by atoms with Crippen molar-refractivity contribution >= 4 is 17.9 Å². The van der Waals surface area contributed by atoms with Gasteiger partial charge in [0, 0.05) is 19.3 Å². The molecule has 468 valence electrons. The van der Waals surface area contributed by atoms with Gasteiger partial charge in [-0.15, -0.1) is 0 Å². The van der Waals surface area contributed by atoms with Crippen molar-refractivity contribution in [3.63, 3.8) is 0 Å². The van der Waals surface area contributed by atoms with E-state index in [0.717, 1.165) is 154 Å². The van der Waals surface area contributed by atoms with Gasteiger partial charge in [0.05, 0.1) is 0 Å². The zero-order valence-electron chi connectivity index (χ0n) is 53.7. The summed E-state index contributed by atoms with van der Waals surface area (Å²) in [6, 6.07) is 0. The number of hydrogen-bond acceptors (Lipinski definition) is 6. The quantitative estimate of drug-likeness (QED) is 0.0261. The van der Waals surface area contributed by atoms with Gasteiger partial charge in [-0.1, -0.05) is 281 Å². The molecule has 1 unspecified atom stereocenters. The second-order valence-corrected chi connectivity index (χ2v) is 22.0. The fraction of sp³-hybridized carbons (Fsp3) is 0.623. The standard InChI is InChI=1S/C77H124O6/c1-4-7-10-13-16-19-22-25-28-31-34-36-37-38-39-41-43-46-49-52-55-58-61-64-67-70-76(79)82-73-74(72-81-75(78)69-66-63-60-57-54-51-48-45-42-33-30-27-24-21-18-15-12-9-6-3)83-77(80)71-68-65-62-59-56-53-50-47-44-40-35-32-29-26-23-20-17-14-11-8-5-2/h7,9-10,12,16,18-19,21,23,25-28,30,32,34-36,38-39,42-43,45-46,51,54,74H,4-6,8,11,13-15,17,20,22,24,29,31,33,37,40-41,44,47-50,52-53,55-73H2,1-3H3/b10-7-,12-9-,19-16-,21-18-,26-23-,28-25-,30-27-,35-32-,36-34-,39-38-,45-42-,46-43-,54-51-. The fourth-order valence-corrected chi connectivity index (χ4v) is 8.97. The Balaban J connectivity index is 4.50. The van der Waals surface area contributed by atoms with Gasteiger partial charge in [-0.05, 0) is 148 Å². The van der Waals surface area contributed by atoms with Crippen molar-refractivity contribution in [1.82, 2.24) is 0 Å². The van der Waals surface area contributed by atoms with E-state index in [4.69, 9.17) is 14.2 Å². The maximum atomic E-state index is 13.0. The number of rotatable bonds is 60. The lowest BCUT2D eigenvalue weighted by atomic mass is 10.1. The van der Waals surface area contributed by atoms with Crippen molar-refractivity contribution in [2.24, 2.45) is 0 Å². The van der Waals surface area contributed by atoms with E-state index in [9.17, 15) is 14.4 Å². The maximum Gasteiger partial charge on any atom is 0.306 e. The van der Waals surface area contributed by atoms with E-state index in [2.05, 4.69) is 179 Å². The Morgan fingerprint density at radius 2 is 0.470 bits per heavy atom. The van der Waals surface area contributed by atoms with Crippen LogP contribution in [0.2, 0.25) is 0 Å². The highest BCUT2D eigenvalue weighted by Crippen LogP contribution is 2.15. The predicted molar refractivity (Wildman–Crippen MR) is 362 cm³/mol. The number of hydrogen-bond donors (Lipinski definition) is 0. The van der Waals surface area contributed by atoms with Crippen LogP contribution in [0.15, 0.2) is 158 Å². The molecule has 6 nitrogen and oxygen atoms in total. The number of carbonyl (C=O) groups is 3. The van der Waals surface area contributed by atoms with Crippen LogP contribution in [0.4, 0.5) is 0 Å². The lowest BCUT2D eigenvalue weighted by Crippen LogP contribution is -2.30. The molecular weight excluding hydrogens is 1020 g/mol. The molecule has 0 radical (unpaired) electrons. The smallest absolute Gasteiger partial charge is 0.306 e. The highest BCUT2D eigenvalue weighted by atomic mass is 16.6. The molecule has 0 amide bonds. The Labute approximate surface area is 511 Å². The van der Waals surface area contributed by atoms with Crippen molar-refractivity contribution in [1.29, 1.82) is 0 Å². The normalized spacial score (nSPS) is 13.1. The van der Waals surface area contributed by atoms with E-state index in [1.807, 2.05) is 0 Å². The summed E-state index contributed by atoms with van der Waals surface area (Å²) in [4.78, 5) is 38.5. The first kappa shape index (κ1) is 78.0. The summed E-state index contributed by atoms with van der Waals surface area (Å²) in [7, 11) is 0. The topological polar surface area (TPSA) is 78.9 Å². The van der Waals surface area contributed by atoms with E-state index in [0.29, 0.717) is 19.3 Å². The van der Waals surface area contributed by atoms with Gasteiger partial charge in [-0.3, -0.25) is 14.4 Å². The summed E-state index contributed by atoms with van der Waals surface area (Å²) in [6.45, 7) is 6.37. The molecule has 0 aliphatic rings. The molecule has 0 aliphatic heterocycles. The highest BCUT2D eigenvalue weighted by molar-refractivity contribution is 5.71. The summed E-state index contributed by atoms with van der Waals surface area (Å²) in [5, 5.41) is 0. The fourth-order valence-electron chi connectivity index (χ4n) is 8.97. The Morgan fingerprint density at radius 1 is 0.253 bits per heavy atom. The van der Waals surface area contributed by atoms with Gasteiger partial charge < -0.3 is 14.2 Å². The lowest BCUT2D eigenvalue weighted by molar-refractivity contribution is -0.167. The number of ether oxygens (including phenoxy) is 3. The minimum atomic E-state index is -0.811. The minimum Gasteiger partial charge on any atom is -0.462 e. The molecule has 0 aliphatic carbocycles. The number of unbranched alkanes of at least 4 members (excludes halogenated alkanes) is 23. The van der Waals surface area contributed by atoms with Crippen LogP contribution in [0.3, 0.4) is 0 Å². The molecule has 6 heteroatoms. The second-order valence-electron chi connectivity index (χ2n) is 22.0. The summed E-state index contributed by atoms with van der Waals surface area (Å²) in [5.74, 6) is -0.953. The van der Waals surface area contributed by atoms with Crippen LogP contribution in [0.25, 0.3) is 0 Å². The zero-order chi connectivity index (χ0) is 59.9. The van der Waals surface area contributed by atoms with Gasteiger partial charge in [-0.2, -0.15) is 0 Å². The molecule has 0 aromatic rings. The summed E-state index contributed by atoms with van der Waals surface area (Å²) in [5.41, 5.74) is 0. The van der Waals surface area contributed by atoms with E-state index in [1.165, 1.54) is 96.3 Å². The van der Waals surface area contributed by atoms with E-state index in [1.54, 1.807) is 0 Å². The first-order valence-corrected chi connectivity index (χ1v) is 34.0. The van der Waals surface area contributed by atoms with Crippen LogP contribution in [-0.4, -0.2) is 37.2 Å². The maximum absolute atomic E-state index is 13.0. The Bertz CT molecular complexity index is 1840. The number of esters is 3. The molecular formula is C77H124O6. The zero-order valence-corrected chi connectivity index (χ0v) is 53.7. The molecule has 0 heterocycles. The first-order chi connectivity index (χ1) is 41.0. The van der Waals surface area contributed by atoms with Gasteiger partial charge in [0.25, 0.3) is 0 Å². The summed E-state index contributed by atoms with van der Waals surface area (Å²) < 4.78 is 16.9. The van der Waals surface area contributed by atoms with Crippen molar-refractivity contribution in [2.75, 3.05) is 13.2 Å². The first-order valence-electron chi connectivity index (χ1n) is 34.0. The highest BCUT2D eigenvalue weighted by Gasteiger charge is 2.19. The SMILES string of the molecule is CC/C=C\C/C=C\C/C=C\C/C=C\C/C=C\C/C=C\CCCCCCCCC(=O)OCC(COC(=O)CCCCC/C=C\C/C=C\C/C=C\C/C=C\C/C=C\CC)OC(=O)CCCCCCCCCCC/C=C\C/C=C\CCCCCCC. The van der Waals surface area contributed by atoms with Crippen molar-refractivity contribution < 1.29 is 28.6 Å². The molecule has 0 fully saturated rings. The van der Waals surface area contributed by atoms with E-state index < -0.39 is 6.10 Å². The average molecular weight is 1150 g/mol. The third-order valence-corrected chi connectivity index (χ3v) is 14.0. The van der Waals surface area contributed by atoms with Crippen molar-refractivity contribution in [3.8, 4) is 0 Å². The summed E-state index contributed by atoms with van der Waals surface area (Å²) >= 11 is 0. The second kappa shape index (κ2) is 69.5. The summed E-state index contributed by atoms with van der Waals surface area (Å²) in [6.07, 6.45) is 101. The van der Waals surface area contributed by atoms with Gasteiger partial charge in [-0.25, -0.2) is 0 Å². The number of carbonyl (C=O) groups excluding carboxylic acids is 3. The van der Waals surface area contributed by atoms with Crippen LogP contribution in [-0.2, 0) is 28.6 Å². The van der Waals surface area contributed by atoms with Crippen LogP contribution in [0.1, 0.15) is 290 Å². The van der Waals surface area contributed by atoms with Gasteiger partial charge in [0.2, 0.25) is 0 Å². The average Bonchev–Trinajstić information content (AvgIpc) is 3.50. The molecule has 0 bridgehead atoms. The van der Waals surface area contributed by atoms with Gasteiger partial charge >= 0.3 is 17.9 Å². The van der Waals surface area contributed by atoms with E-state index in [-0.39, 0.29) is 31.1 Å². The molecule has 0 saturated carbocycles. The molecule has 0 N–H and O–H groups in total. The number of allylic oxidation sites excluding steroid dienone is 26. The molecule has 0 spiro atoms. The Hall–Kier alpha value is -4.97. The Kier molecular flexibility index (Phi) is 65.4. The molecule has 0 saturated heterocycles. The van der Waals surface area contributed by atoms with Crippen LogP contribution < -0.4 is 0 Å². The molecule has 1 atom stereocenters. The van der Waals surface area contributed by atoms with Crippen molar-refractivity contribution in [2.45, 2.75) is 297 Å². The molecule has 0 rings (SSSR count). The third-order valence-electron chi connectivity index (χ3n) is 14.0. The van der Waals surface area contributed by atoms with Crippen molar-refractivity contribution in [3.05, 3.63) is 158 Å². The van der Waals surface area contributed by atoms with Gasteiger partial charge in [0.1, 0.15) is 13.2 Å². The predicted octanol–water partition coefficient (Wildman–Crippen LogP) is 23.7. The molecule has 83 heavy (non-hydrogen) atoms. The van der Waals surface area contributed by atoms with Crippen LogP contribution in [0.5, 0.6) is 0 Å². The largest absolute Gasteiger partial charge is 0.462 e. The molecule has 0 aromatic heterocycles. The van der Waals surface area contributed by atoms with Crippen LogP contribution in [0, 0.1) is 0 Å². The Morgan fingerprint density at radius 3 is 0.747 bits per heavy atom. The van der Waals surface area contributed by atoms with E-state index >= 15 is 0 Å². The van der Waals surface area contributed by atoms with Gasteiger partial charge in [0.15, 0.2) is 6.10 Å². The molecule has 0 aromatic carbocycles. The third kappa shape index (κ3) is 67.7. The van der Waals surface area contributed by atoms with Crippen LogP contribution >= 0.6 is 0 Å². The lowest BCUT2D eigenvalue weighted by Gasteiger charge is -2.18. The minimum absolute atomic E-state index is 0.105.